The molecule has 2 aromatic rings. The summed E-state index contributed by atoms with van der Waals surface area (Å²) in [6.07, 6.45) is 0. The van der Waals surface area contributed by atoms with Crippen LogP contribution in [0.3, 0.4) is 0 Å². The zero-order chi connectivity index (χ0) is 20.2. The van der Waals surface area contributed by atoms with Crippen LogP contribution in [0, 0.1) is 0 Å². The largest absolute Gasteiger partial charge is 0.507 e. The van der Waals surface area contributed by atoms with Crippen LogP contribution >= 0.6 is 0 Å². The third-order valence-corrected chi connectivity index (χ3v) is 4.92. The number of methoxy groups -OCH3 is 2. The van der Waals surface area contributed by atoms with Gasteiger partial charge in [-0.25, -0.2) is 0 Å². The van der Waals surface area contributed by atoms with Crippen molar-refractivity contribution in [1.29, 1.82) is 0 Å². The predicted molar refractivity (Wildman–Crippen MR) is 102 cm³/mol. The van der Waals surface area contributed by atoms with E-state index in [1.54, 1.807) is 26.4 Å². The Balaban J connectivity index is 2.64. The Morgan fingerprint density at radius 1 is 0.704 bits per heavy atom. The Labute approximate surface area is 159 Å². The van der Waals surface area contributed by atoms with Crippen LogP contribution in [0.1, 0.15) is 47.2 Å². The van der Waals surface area contributed by atoms with E-state index in [0.29, 0.717) is 22.3 Å². The van der Waals surface area contributed by atoms with Crippen molar-refractivity contribution in [2.45, 2.75) is 45.7 Å². The zero-order valence-electron chi connectivity index (χ0n) is 16.2. The van der Waals surface area contributed by atoms with Crippen LogP contribution in [0.5, 0.6) is 11.5 Å². The highest BCUT2D eigenvalue weighted by Crippen LogP contribution is 2.39. The fourth-order valence-corrected chi connectivity index (χ4v) is 3.18. The van der Waals surface area contributed by atoms with Crippen LogP contribution in [0.2, 0.25) is 0 Å². The monoisotopic (exact) mass is 376 g/mol. The van der Waals surface area contributed by atoms with Gasteiger partial charge in [-0.1, -0.05) is 13.8 Å². The highest BCUT2D eigenvalue weighted by atomic mass is 16.5. The summed E-state index contributed by atoms with van der Waals surface area (Å²) in [5.74, 6) is 0.0569. The molecule has 2 aromatic carbocycles. The van der Waals surface area contributed by atoms with Gasteiger partial charge in [0.2, 0.25) is 0 Å². The summed E-state index contributed by atoms with van der Waals surface area (Å²) >= 11 is 0. The SMILES string of the molecule is COCc1cc(C(C)(C)c2cc(CO)c(O)c(COC)c2)cc(CO)c1O. The number of aliphatic hydroxyl groups excluding tert-OH is 2. The normalized spacial score (nSPS) is 11.8. The van der Waals surface area contributed by atoms with E-state index in [0.717, 1.165) is 11.1 Å². The molecule has 0 spiro atoms. The third-order valence-electron chi connectivity index (χ3n) is 4.92. The van der Waals surface area contributed by atoms with Crippen LogP contribution < -0.4 is 0 Å². The van der Waals surface area contributed by atoms with Gasteiger partial charge in [0.15, 0.2) is 0 Å². The fourth-order valence-electron chi connectivity index (χ4n) is 3.18. The van der Waals surface area contributed by atoms with Gasteiger partial charge < -0.3 is 29.9 Å². The Morgan fingerprint density at radius 2 is 1.04 bits per heavy atom. The molecule has 6 heteroatoms. The lowest BCUT2D eigenvalue weighted by atomic mass is 9.76. The summed E-state index contributed by atoms with van der Waals surface area (Å²) in [4.78, 5) is 0. The molecule has 27 heavy (non-hydrogen) atoms. The molecule has 6 nitrogen and oxygen atoms in total. The Hall–Kier alpha value is -2.12. The Morgan fingerprint density at radius 3 is 1.33 bits per heavy atom. The molecule has 0 heterocycles. The van der Waals surface area contributed by atoms with Crippen molar-refractivity contribution in [3.8, 4) is 11.5 Å². The molecule has 0 saturated heterocycles. The van der Waals surface area contributed by atoms with Crippen molar-refractivity contribution in [2.24, 2.45) is 0 Å². The minimum absolute atomic E-state index is 0.0284. The molecule has 0 aliphatic rings. The molecule has 4 N–H and O–H groups in total. The number of phenols is 2. The van der Waals surface area contributed by atoms with E-state index in [4.69, 9.17) is 9.47 Å². The number of aliphatic hydroxyl groups is 2. The predicted octanol–water partition coefficient (Wildman–Crippen LogP) is 2.70. The summed E-state index contributed by atoms with van der Waals surface area (Å²) in [7, 11) is 3.08. The average Bonchev–Trinajstić information content (AvgIpc) is 2.65. The summed E-state index contributed by atoms with van der Waals surface area (Å²) in [5, 5.41) is 39.8. The molecule has 0 bridgehead atoms. The van der Waals surface area contributed by atoms with Crippen LogP contribution in [-0.4, -0.2) is 34.6 Å². The van der Waals surface area contributed by atoms with Crippen molar-refractivity contribution >= 4 is 0 Å². The number of benzene rings is 2. The molecule has 2 rings (SSSR count). The fraction of sp³-hybridized carbons (Fsp3) is 0.429. The van der Waals surface area contributed by atoms with E-state index in [1.165, 1.54) is 0 Å². The highest BCUT2D eigenvalue weighted by molar-refractivity contribution is 5.52. The molecule has 0 aliphatic heterocycles. The Bertz CT molecular complexity index is 732. The average molecular weight is 376 g/mol. The first-order valence-corrected chi connectivity index (χ1v) is 8.70. The molecular formula is C21H28O6. The first kappa shape index (κ1) is 21.2. The van der Waals surface area contributed by atoms with Gasteiger partial charge in [0.25, 0.3) is 0 Å². The number of aromatic hydroxyl groups is 2. The second-order valence-electron chi connectivity index (χ2n) is 7.09. The van der Waals surface area contributed by atoms with E-state index < -0.39 is 5.41 Å². The number of hydrogen-bond donors (Lipinski definition) is 4. The third kappa shape index (κ3) is 4.25. The van der Waals surface area contributed by atoms with Gasteiger partial charge in [0.1, 0.15) is 11.5 Å². The van der Waals surface area contributed by atoms with Gasteiger partial charge in [0.05, 0.1) is 26.4 Å². The first-order valence-electron chi connectivity index (χ1n) is 8.70. The van der Waals surface area contributed by atoms with Crippen LogP contribution in [0.15, 0.2) is 24.3 Å². The van der Waals surface area contributed by atoms with E-state index in [-0.39, 0.29) is 37.9 Å². The maximum absolute atomic E-state index is 10.3. The van der Waals surface area contributed by atoms with Crippen molar-refractivity contribution in [1.82, 2.24) is 0 Å². The smallest absolute Gasteiger partial charge is 0.126 e. The van der Waals surface area contributed by atoms with Crippen molar-refractivity contribution in [2.75, 3.05) is 14.2 Å². The van der Waals surface area contributed by atoms with Crippen molar-refractivity contribution in [3.05, 3.63) is 57.6 Å². The van der Waals surface area contributed by atoms with E-state index in [9.17, 15) is 20.4 Å². The van der Waals surface area contributed by atoms with Crippen LogP contribution in [-0.2, 0) is 41.3 Å². The maximum atomic E-state index is 10.3. The van der Waals surface area contributed by atoms with E-state index >= 15 is 0 Å². The summed E-state index contributed by atoms with van der Waals surface area (Å²) < 4.78 is 10.3. The molecule has 0 aliphatic carbocycles. The quantitative estimate of drug-likeness (QED) is 0.565. The molecule has 0 atom stereocenters. The summed E-state index contributed by atoms with van der Waals surface area (Å²) in [6.45, 7) is 3.85. The maximum Gasteiger partial charge on any atom is 0.126 e. The molecule has 0 saturated carbocycles. The lowest BCUT2D eigenvalue weighted by molar-refractivity contribution is 0.181. The molecule has 0 fully saturated rings. The lowest BCUT2D eigenvalue weighted by Crippen LogP contribution is -2.21. The standard InChI is InChI=1S/C21H28O6/c1-21(2,17-5-13(9-22)19(24)15(7-17)11-26-3)18-6-14(10-23)20(25)16(8-18)12-27-4/h5-8,22-25H,9-12H2,1-4H3. The van der Waals surface area contributed by atoms with Gasteiger partial charge in [-0.3, -0.25) is 0 Å². The van der Waals surface area contributed by atoms with Gasteiger partial charge in [0, 0.05) is 41.9 Å². The number of hydrogen-bond acceptors (Lipinski definition) is 6. The topological polar surface area (TPSA) is 99.4 Å². The minimum Gasteiger partial charge on any atom is -0.507 e. The Kier molecular flexibility index (Phi) is 6.84. The first-order chi connectivity index (χ1) is 12.8. The molecule has 0 aromatic heterocycles. The number of rotatable bonds is 8. The van der Waals surface area contributed by atoms with Crippen molar-refractivity contribution < 1.29 is 29.9 Å². The van der Waals surface area contributed by atoms with E-state index in [1.807, 2.05) is 26.0 Å². The van der Waals surface area contributed by atoms with Gasteiger partial charge in [-0.2, -0.15) is 0 Å². The van der Waals surface area contributed by atoms with Gasteiger partial charge in [-0.05, 0) is 35.4 Å². The second-order valence-corrected chi connectivity index (χ2v) is 7.09. The zero-order valence-corrected chi connectivity index (χ0v) is 16.2. The molecule has 0 amide bonds. The van der Waals surface area contributed by atoms with Gasteiger partial charge >= 0.3 is 0 Å². The van der Waals surface area contributed by atoms with Crippen molar-refractivity contribution in [3.63, 3.8) is 0 Å². The second kappa shape index (κ2) is 8.71. The van der Waals surface area contributed by atoms with Gasteiger partial charge in [-0.15, -0.1) is 0 Å². The van der Waals surface area contributed by atoms with Crippen LogP contribution in [0.25, 0.3) is 0 Å². The molecule has 0 radical (unpaired) electrons. The summed E-state index contributed by atoms with van der Waals surface area (Å²) in [5.41, 5.74) is 3.23. The molecule has 0 unspecified atom stereocenters. The molecule has 148 valence electrons. The highest BCUT2D eigenvalue weighted by Gasteiger charge is 2.27. The summed E-state index contributed by atoms with van der Waals surface area (Å²) in [6, 6.07) is 7.21. The number of ether oxygens (including phenoxy) is 2. The minimum atomic E-state index is -0.528. The van der Waals surface area contributed by atoms with E-state index in [2.05, 4.69) is 0 Å². The lowest BCUT2D eigenvalue weighted by Gasteiger charge is -2.29. The molecular weight excluding hydrogens is 348 g/mol. The van der Waals surface area contributed by atoms with Crippen LogP contribution in [0.4, 0.5) is 0 Å².